The quantitative estimate of drug-likeness (QED) is 0.712. The van der Waals surface area contributed by atoms with Crippen molar-refractivity contribution in [3.63, 3.8) is 0 Å². The first-order valence-electron chi connectivity index (χ1n) is 10.1. The molecule has 1 saturated heterocycles. The summed E-state index contributed by atoms with van der Waals surface area (Å²) in [7, 11) is 0. The van der Waals surface area contributed by atoms with Gasteiger partial charge in [0.15, 0.2) is 5.82 Å². The fourth-order valence-electron chi connectivity index (χ4n) is 4.10. The van der Waals surface area contributed by atoms with Crippen LogP contribution in [0.15, 0.2) is 35.4 Å². The van der Waals surface area contributed by atoms with Crippen LogP contribution in [0.3, 0.4) is 0 Å². The van der Waals surface area contributed by atoms with Crippen molar-refractivity contribution >= 4 is 23.1 Å². The highest BCUT2D eigenvalue weighted by Gasteiger charge is 2.25. The minimum Gasteiger partial charge on any atom is -0.353 e. The number of fused-ring (bicyclic) bond motifs is 1. The molecule has 2 atom stereocenters. The second-order valence-corrected chi connectivity index (χ2v) is 8.25. The van der Waals surface area contributed by atoms with Gasteiger partial charge in [-0.2, -0.15) is 0 Å². The molecule has 158 valence electrons. The number of rotatable bonds is 4. The van der Waals surface area contributed by atoms with E-state index in [1.165, 1.54) is 10.5 Å². The van der Waals surface area contributed by atoms with Crippen LogP contribution in [0.4, 0.5) is 15.9 Å². The Bertz CT molecular complexity index is 1140. The lowest BCUT2D eigenvalue weighted by molar-refractivity contribution is -0.117. The predicted molar refractivity (Wildman–Crippen MR) is 112 cm³/mol. The normalized spacial score (nSPS) is 19.3. The highest BCUT2D eigenvalue weighted by Crippen LogP contribution is 2.26. The molecule has 4 rings (SSSR count). The third-order valence-corrected chi connectivity index (χ3v) is 5.40. The maximum Gasteiger partial charge on any atom is 0.350 e. The fraction of sp³-hybridized carbons (Fsp3) is 0.429. The zero-order valence-electron chi connectivity index (χ0n) is 17.3. The van der Waals surface area contributed by atoms with E-state index in [1.54, 1.807) is 31.5 Å². The van der Waals surface area contributed by atoms with Gasteiger partial charge in [-0.25, -0.2) is 23.3 Å². The maximum atomic E-state index is 13.7. The zero-order valence-corrected chi connectivity index (χ0v) is 17.3. The van der Waals surface area contributed by atoms with Crippen LogP contribution in [0.5, 0.6) is 0 Å². The van der Waals surface area contributed by atoms with E-state index >= 15 is 0 Å². The topological polar surface area (TPSA) is 84.5 Å². The number of carbonyl (C=O) groups is 1. The summed E-state index contributed by atoms with van der Waals surface area (Å²) in [4.78, 5) is 31.8. The Kier molecular flexibility index (Phi) is 5.27. The number of halogens is 1. The van der Waals surface area contributed by atoms with Crippen LogP contribution >= 0.6 is 0 Å². The molecule has 1 aromatic carbocycles. The lowest BCUT2D eigenvalue weighted by Crippen LogP contribution is -2.39. The van der Waals surface area contributed by atoms with Crippen LogP contribution in [0, 0.1) is 24.6 Å². The molecule has 0 saturated carbocycles. The van der Waals surface area contributed by atoms with E-state index in [-0.39, 0.29) is 6.54 Å². The van der Waals surface area contributed by atoms with Crippen LogP contribution in [0.25, 0.3) is 5.65 Å². The van der Waals surface area contributed by atoms with Crippen molar-refractivity contribution in [2.75, 3.05) is 23.3 Å². The van der Waals surface area contributed by atoms with Gasteiger partial charge < -0.3 is 10.2 Å². The van der Waals surface area contributed by atoms with Gasteiger partial charge in [0.1, 0.15) is 12.4 Å². The molecule has 2 aromatic heterocycles. The summed E-state index contributed by atoms with van der Waals surface area (Å²) in [5.41, 5.74) is 0.833. The van der Waals surface area contributed by atoms with E-state index in [4.69, 9.17) is 0 Å². The Morgan fingerprint density at radius 2 is 2.00 bits per heavy atom. The first-order chi connectivity index (χ1) is 14.3. The van der Waals surface area contributed by atoms with E-state index in [9.17, 15) is 14.0 Å². The van der Waals surface area contributed by atoms with Crippen molar-refractivity contribution in [2.45, 2.75) is 33.7 Å². The van der Waals surface area contributed by atoms with Gasteiger partial charge in [0.2, 0.25) is 11.6 Å². The van der Waals surface area contributed by atoms with E-state index in [0.717, 1.165) is 24.2 Å². The summed E-state index contributed by atoms with van der Waals surface area (Å²) in [5, 5.41) is 6.98. The van der Waals surface area contributed by atoms with E-state index in [1.807, 2.05) is 0 Å². The fourth-order valence-corrected chi connectivity index (χ4v) is 4.10. The van der Waals surface area contributed by atoms with Crippen LogP contribution in [-0.2, 0) is 11.3 Å². The lowest BCUT2D eigenvalue weighted by atomic mass is 9.92. The molecule has 0 bridgehead atoms. The number of nitrogens with one attached hydrogen (secondary N) is 1. The van der Waals surface area contributed by atoms with Gasteiger partial charge in [-0.1, -0.05) is 19.9 Å². The van der Waals surface area contributed by atoms with Gasteiger partial charge in [0, 0.05) is 31.2 Å². The second kappa shape index (κ2) is 7.89. The first-order valence-corrected chi connectivity index (χ1v) is 10.1. The standard InChI is InChI=1S/C21H25FN6O2/c1-13-8-14(2)11-26(10-13)19-20-25-28(21(30)27(20)7-6-23-19)12-18(29)24-16-5-4-15(3)17(22)9-16/h4-7,9,13-14H,8,10-12H2,1-3H3,(H,24,29)/t13-,14-/m0/s1. The highest BCUT2D eigenvalue weighted by molar-refractivity contribution is 5.90. The third kappa shape index (κ3) is 3.92. The molecular weight excluding hydrogens is 387 g/mol. The Morgan fingerprint density at radius 3 is 2.70 bits per heavy atom. The number of piperidine rings is 1. The van der Waals surface area contributed by atoms with Crippen molar-refractivity contribution in [3.05, 3.63) is 52.5 Å². The average Bonchev–Trinajstić information content (AvgIpc) is 2.99. The summed E-state index contributed by atoms with van der Waals surface area (Å²) in [6, 6.07) is 4.45. The second-order valence-electron chi connectivity index (χ2n) is 8.25. The summed E-state index contributed by atoms with van der Waals surface area (Å²) < 4.78 is 16.2. The molecule has 8 nitrogen and oxygen atoms in total. The van der Waals surface area contributed by atoms with E-state index in [2.05, 4.69) is 34.1 Å². The number of nitrogens with zero attached hydrogens (tertiary/aromatic N) is 5. The van der Waals surface area contributed by atoms with Crippen molar-refractivity contribution in [2.24, 2.45) is 11.8 Å². The van der Waals surface area contributed by atoms with Crippen LogP contribution in [0.1, 0.15) is 25.8 Å². The number of anilines is 2. The largest absolute Gasteiger partial charge is 0.353 e. The van der Waals surface area contributed by atoms with Gasteiger partial charge in [-0.15, -0.1) is 5.10 Å². The summed E-state index contributed by atoms with van der Waals surface area (Å²) in [6.45, 7) is 7.46. The van der Waals surface area contributed by atoms with Gasteiger partial charge in [-0.05, 0) is 42.9 Å². The monoisotopic (exact) mass is 412 g/mol. The summed E-state index contributed by atoms with van der Waals surface area (Å²) >= 11 is 0. The maximum absolute atomic E-state index is 13.7. The molecule has 1 aliphatic rings. The molecule has 0 radical (unpaired) electrons. The van der Waals surface area contributed by atoms with Gasteiger partial charge >= 0.3 is 5.69 Å². The molecule has 1 amide bonds. The zero-order chi connectivity index (χ0) is 21.4. The van der Waals surface area contributed by atoms with Gasteiger partial charge in [-0.3, -0.25) is 4.79 Å². The molecule has 3 heterocycles. The van der Waals surface area contributed by atoms with Crippen molar-refractivity contribution < 1.29 is 9.18 Å². The molecule has 0 spiro atoms. The average molecular weight is 412 g/mol. The van der Waals surface area contributed by atoms with E-state index in [0.29, 0.717) is 34.6 Å². The Morgan fingerprint density at radius 1 is 1.27 bits per heavy atom. The lowest BCUT2D eigenvalue weighted by Gasteiger charge is -2.35. The number of benzene rings is 1. The van der Waals surface area contributed by atoms with Crippen molar-refractivity contribution in [3.8, 4) is 0 Å². The minimum absolute atomic E-state index is 0.276. The molecule has 0 aliphatic carbocycles. The minimum atomic E-state index is -0.460. The van der Waals surface area contributed by atoms with Crippen LogP contribution in [0.2, 0.25) is 0 Å². The van der Waals surface area contributed by atoms with Gasteiger partial charge in [0.25, 0.3) is 0 Å². The Labute approximate surface area is 173 Å². The third-order valence-electron chi connectivity index (χ3n) is 5.40. The molecule has 1 fully saturated rings. The smallest absolute Gasteiger partial charge is 0.350 e. The Balaban J connectivity index is 1.59. The summed E-state index contributed by atoms with van der Waals surface area (Å²) in [5.74, 6) is 0.820. The van der Waals surface area contributed by atoms with Crippen molar-refractivity contribution in [1.82, 2.24) is 19.2 Å². The van der Waals surface area contributed by atoms with Crippen LogP contribution < -0.4 is 15.9 Å². The molecule has 3 aromatic rings. The number of carbonyl (C=O) groups excluding carboxylic acids is 1. The molecular formula is C21H25FN6O2. The summed E-state index contributed by atoms with van der Waals surface area (Å²) in [6.07, 6.45) is 4.28. The SMILES string of the molecule is Cc1ccc(NC(=O)Cn2nc3c(N4C[C@@H](C)C[C@H](C)C4)nccn3c2=O)cc1F. The first kappa shape index (κ1) is 20.1. The molecule has 1 aliphatic heterocycles. The number of amides is 1. The van der Waals surface area contributed by atoms with Gasteiger partial charge in [0.05, 0.1) is 0 Å². The van der Waals surface area contributed by atoms with E-state index < -0.39 is 17.4 Å². The number of hydrogen-bond donors (Lipinski definition) is 1. The van der Waals surface area contributed by atoms with Crippen LogP contribution in [-0.4, -0.2) is 38.2 Å². The molecule has 0 unspecified atom stereocenters. The number of aromatic nitrogens is 4. The Hall–Kier alpha value is -3.23. The highest BCUT2D eigenvalue weighted by atomic mass is 19.1. The number of aryl methyl sites for hydroxylation is 1. The molecule has 1 N–H and O–H groups in total. The number of hydrogen-bond acceptors (Lipinski definition) is 5. The molecule has 30 heavy (non-hydrogen) atoms. The van der Waals surface area contributed by atoms with Crippen molar-refractivity contribution in [1.29, 1.82) is 0 Å². The molecule has 9 heteroatoms. The predicted octanol–water partition coefficient (Wildman–Crippen LogP) is 2.46.